The number of hydrogen-bond acceptors (Lipinski definition) is 2. The van der Waals surface area contributed by atoms with Gasteiger partial charge in [-0.25, -0.2) is 0 Å². The van der Waals surface area contributed by atoms with Crippen LogP contribution in [-0.4, -0.2) is 19.5 Å². The van der Waals surface area contributed by atoms with Gasteiger partial charge in [0.05, 0.1) is 13.2 Å². The summed E-state index contributed by atoms with van der Waals surface area (Å²) >= 11 is 0. The summed E-state index contributed by atoms with van der Waals surface area (Å²) in [7, 11) is 0. The minimum atomic E-state index is 0. The molecule has 56 valence electrons. The van der Waals surface area contributed by atoms with Gasteiger partial charge in [0.1, 0.15) is 0 Å². The molecule has 0 bridgehead atoms. The highest BCUT2D eigenvalue weighted by Gasteiger charge is 2.18. The van der Waals surface area contributed by atoms with Gasteiger partial charge < -0.3 is 9.47 Å². The summed E-state index contributed by atoms with van der Waals surface area (Å²) in [6, 6.07) is 0. The van der Waals surface area contributed by atoms with Gasteiger partial charge in [-0.2, -0.15) is 0 Å². The van der Waals surface area contributed by atoms with Crippen molar-refractivity contribution in [3.63, 3.8) is 0 Å². The van der Waals surface area contributed by atoms with Crippen LogP contribution in [0.4, 0.5) is 0 Å². The molecule has 1 aliphatic heterocycles. The molecule has 0 aliphatic carbocycles. The lowest BCUT2D eigenvalue weighted by molar-refractivity contribution is -0.0732. The summed E-state index contributed by atoms with van der Waals surface area (Å²) in [5.41, 5.74) is 0. The van der Waals surface area contributed by atoms with Crippen molar-refractivity contribution in [2.75, 3.05) is 13.2 Å². The molecular formula is C7H16O2. The molecule has 1 saturated heterocycles. The molecule has 1 heterocycles. The van der Waals surface area contributed by atoms with Crippen LogP contribution in [0.5, 0.6) is 0 Å². The second-order valence-electron chi connectivity index (χ2n) is 2.35. The van der Waals surface area contributed by atoms with Gasteiger partial charge in [0, 0.05) is 5.92 Å². The van der Waals surface area contributed by atoms with Crippen LogP contribution in [0.3, 0.4) is 0 Å². The largest absolute Gasteiger partial charge is 0.350 e. The average molecular weight is 132 g/mol. The molecular weight excluding hydrogens is 116 g/mol. The molecule has 1 aliphatic rings. The lowest BCUT2D eigenvalue weighted by atomic mass is 10.2. The Morgan fingerprint density at radius 2 is 1.67 bits per heavy atom. The van der Waals surface area contributed by atoms with Crippen LogP contribution in [0.2, 0.25) is 0 Å². The lowest BCUT2D eigenvalue weighted by Crippen LogP contribution is -2.14. The standard InChI is InChI=1S/C6H12O2.CH4/c1-5(2)6-7-3-4-8-6;/h5-6H,3-4H2,1-2H3;1H4. The van der Waals surface area contributed by atoms with E-state index in [0.717, 1.165) is 13.2 Å². The summed E-state index contributed by atoms with van der Waals surface area (Å²) in [6.45, 7) is 5.72. The molecule has 0 saturated carbocycles. The zero-order valence-corrected chi connectivity index (χ0v) is 5.39. The topological polar surface area (TPSA) is 18.5 Å². The maximum Gasteiger partial charge on any atom is 0.160 e. The summed E-state index contributed by atoms with van der Waals surface area (Å²) in [5, 5.41) is 0. The highest BCUT2D eigenvalue weighted by molar-refractivity contribution is 4.54. The Balaban J connectivity index is 0.000000640. The van der Waals surface area contributed by atoms with E-state index in [4.69, 9.17) is 9.47 Å². The second kappa shape index (κ2) is 3.85. The van der Waals surface area contributed by atoms with Crippen LogP contribution in [0.25, 0.3) is 0 Å². The van der Waals surface area contributed by atoms with E-state index in [1.165, 1.54) is 0 Å². The fraction of sp³-hybridized carbons (Fsp3) is 1.00. The monoisotopic (exact) mass is 132 g/mol. The van der Waals surface area contributed by atoms with Crippen molar-refractivity contribution in [1.82, 2.24) is 0 Å². The van der Waals surface area contributed by atoms with E-state index in [1.807, 2.05) is 0 Å². The van der Waals surface area contributed by atoms with Crippen molar-refractivity contribution in [2.24, 2.45) is 5.92 Å². The molecule has 2 heteroatoms. The second-order valence-corrected chi connectivity index (χ2v) is 2.35. The predicted octanol–water partition coefficient (Wildman–Crippen LogP) is 1.65. The molecule has 0 atom stereocenters. The zero-order chi connectivity index (χ0) is 5.98. The normalized spacial score (nSPS) is 20.3. The Kier molecular flexibility index (Phi) is 3.82. The molecule has 0 amide bonds. The molecule has 1 fully saturated rings. The first-order valence-electron chi connectivity index (χ1n) is 3.04. The van der Waals surface area contributed by atoms with Crippen molar-refractivity contribution >= 4 is 0 Å². The van der Waals surface area contributed by atoms with Gasteiger partial charge in [0.2, 0.25) is 0 Å². The van der Waals surface area contributed by atoms with Crippen LogP contribution >= 0.6 is 0 Å². The average Bonchev–Trinajstić information content (AvgIpc) is 2.12. The van der Waals surface area contributed by atoms with E-state index in [0.29, 0.717) is 5.92 Å². The van der Waals surface area contributed by atoms with Gasteiger partial charge in [-0.1, -0.05) is 21.3 Å². The summed E-state index contributed by atoms with van der Waals surface area (Å²) in [6.07, 6.45) is 0.0648. The number of rotatable bonds is 1. The third kappa shape index (κ3) is 2.33. The maximum absolute atomic E-state index is 5.19. The molecule has 0 N–H and O–H groups in total. The number of ether oxygens (including phenoxy) is 2. The van der Waals surface area contributed by atoms with Gasteiger partial charge in [-0.3, -0.25) is 0 Å². The molecule has 1 rings (SSSR count). The minimum Gasteiger partial charge on any atom is -0.350 e. The fourth-order valence-electron chi connectivity index (χ4n) is 0.762. The van der Waals surface area contributed by atoms with Crippen molar-refractivity contribution in [3.05, 3.63) is 0 Å². The lowest BCUT2D eigenvalue weighted by Gasteiger charge is -2.11. The van der Waals surface area contributed by atoms with Gasteiger partial charge in [0.25, 0.3) is 0 Å². The Labute approximate surface area is 57.2 Å². The van der Waals surface area contributed by atoms with Crippen molar-refractivity contribution in [1.29, 1.82) is 0 Å². The highest BCUT2D eigenvalue weighted by Crippen LogP contribution is 2.12. The smallest absolute Gasteiger partial charge is 0.160 e. The molecule has 0 unspecified atom stereocenters. The first kappa shape index (κ1) is 8.92. The Morgan fingerprint density at radius 1 is 1.22 bits per heavy atom. The van der Waals surface area contributed by atoms with Crippen molar-refractivity contribution < 1.29 is 9.47 Å². The Morgan fingerprint density at radius 3 is 1.89 bits per heavy atom. The van der Waals surface area contributed by atoms with E-state index in [9.17, 15) is 0 Å². The highest BCUT2D eigenvalue weighted by atomic mass is 16.7. The maximum atomic E-state index is 5.19. The quantitative estimate of drug-likeness (QED) is 0.540. The minimum absolute atomic E-state index is 0. The van der Waals surface area contributed by atoms with E-state index >= 15 is 0 Å². The molecule has 0 spiro atoms. The number of hydrogen-bond donors (Lipinski definition) is 0. The SMILES string of the molecule is C.CC(C)C1OCCO1. The Bertz CT molecular complexity index is 65.3. The third-order valence-electron chi connectivity index (χ3n) is 1.19. The van der Waals surface area contributed by atoms with Crippen LogP contribution in [0, 0.1) is 5.92 Å². The van der Waals surface area contributed by atoms with Gasteiger partial charge in [-0.05, 0) is 0 Å². The van der Waals surface area contributed by atoms with Gasteiger partial charge in [-0.15, -0.1) is 0 Å². The third-order valence-corrected chi connectivity index (χ3v) is 1.19. The van der Waals surface area contributed by atoms with Crippen molar-refractivity contribution in [3.8, 4) is 0 Å². The fourth-order valence-corrected chi connectivity index (χ4v) is 0.762. The van der Waals surface area contributed by atoms with E-state index < -0.39 is 0 Å². The molecule has 0 aromatic heterocycles. The molecule has 0 radical (unpaired) electrons. The molecule has 9 heavy (non-hydrogen) atoms. The molecule has 0 aromatic carbocycles. The van der Waals surface area contributed by atoms with Crippen LogP contribution in [0.15, 0.2) is 0 Å². The summed E-state index contributed by atoms with van der Waals surface area (Å²) in [5.74, 6) is 0.498. The van der Waals surface area contributed by atoms with E-state index in [2.05, 4.69) is 13.8 Å². The first-order valence-corrected chi connectivity index (χ1v) is 3.04. The first-order chi connectivity index (χ1) is 3.80. The van der Waals surface area contributed by atoms with Crippen LogP contribution in [-0.2, 0) is 9.47 Å². The van der Waals surface area contributed by atoms with Crippen LogP contribution in [0.1, 0.15) is 21.3 Å². The van der Waals surface area contributed by atoms with Gasteiger partial charge in [0.15, 0.2) is 6.29 Å². The summed E-state index contributed by atoms with van der Waals surface area (Å²) < 4.78 is 10.4. The molecule has 0 aromatic rings. The van der Waals surface area contributed by atoms with Crippen molar-refractivity contribution in [2.45, 2.75) is 27.6 Å². The van der Waals surface area contributed by atoms with Crippen LogP contribution < -0.4 is 0 Å². The zero-order valence-electron chi connectivity index (χ0n) is 5.39. The predicted molar refractivity (Wildman–Crippen MR) is 37.3 cm³/mol. The van der Waals surface area contributed by atoms with E-state index in [-0.39, 0.29) is 13.7 Å². The summed E-state index contributed by atoms with van der Waals surface area (Å²) in [4.78, 5) is 0. The Hall–Kier alpha value is -0.0800. The molecule has 2 nitrogen and oxygen atoms in total. The van der Waals surface area contributed by atoms with Gasteiger partial charge >= 0.3 is 0 Å². The van der Waals surface area contributed by atoms with E-state index in [1.54, 1.807) is 0 Å².